The maximum absolute atomic E-state index is 13.4. The Bertz CT molecular complexity index is 513. The fourth-order valence-electron chi connectivity index (χ4n) is 1.66. The topological polar surface area (TPSA) is 61.8 Å². The number of benzene rings is 1. The smallest absolute Gasteiger partial charge is 0.337 e. The van der Waals surface area contributed by atoms with Crippen LogP contribution in [-0.2, 0) is 19.1 Å². The van der Waals surface area contributed by atoms with Gasteiger partial charge in [0.05, 0.1) is 11.6 Å². The Labute approximate surface area is 139 Å². The van der Waals surface area contributed by atoms with Crippen LogP contribution in [0.5, 0.6) is 5.75 Å². The second-order valence-corrected chi connectivity index (χ2v) is 5.68. The van der Waals surface area contributed by atoms with Gasteiger partial charge in [-0.1, -0.05) is 31.5 Å². The van der Waals surface area contributed by atoms with E-state index in [0.29, 0.717) is 12.5 Å². The van der Waals surface area contributed by atoms with Crippen LogP contribution in [0.1, 0.15) is 26.7 Å². The largest absolute Gasteiger partial charge is 0.464 e. The molecule has 0 bridgehead atoms. The summed E-state index contributed by atoms with van der Waals surface area (Å²) >= 11 is 5.72. The monoisotopic (exact) mass is 346 g/mol. The first-order valence-corrected chi connectivity index (χ1v) is 7.66. The number of carbonyl (C=O) groups is 2. The molecule has 0 atom stereocenters. The van der Waals surface area contributed by atoms with Crippen molar-refractivity contribution in [3.63, 3.8) is 0 Å². The van der Waals surface area contributed by atoms with Gasteiger partial charge in [-0.3, -0.25) is 0 Å². The normalized spacial score (nSPS) is 10.7. The highest BCUT2D eigenvalue weighted by molar-refractivity contribution is 6.32. The molecule has 7 heteroatoms. The lowest BCUT2D eigenvalue weighted by Crippen LogP contribution is -2.21. The zero-order valence-corrected chi connectivity index (χ0v) is 13.9. The first kappa shape index (κ1) is 19.4. The van der Waals surface area contributed by atoms with E-state index in [0.717, 1.165) is 18.9 Å². The summed E-state index contributed by atoms with van der Waals surface area (Å²) in [6, 6.07) is 3.90. The number of esters is 2. The number of halogens is 2. The van der Waals surface area contributed by atoms with Gasteiger partial charge in [0.25, 0.3) is 0 Å². The molecule has 0 heterocycles. The van der Waals surface area contributed by atoms with Gasteiger partial charge in [-0.15, -0.1) is 0 Å². The standard InChI is InChI=1S/C16H20ClFO5/c1-11(2)5-4-8-22-14(19)9-21-10-15(20)23-16-12(17)6-3-7-13(16)18/h3,6-7,11H,4-5,8-10H2,1-2H3. The molecule has 1 aromatic rings. The van der Waals surface area contributed by atoms with Crippen LogP contribution in [0.2, 0.25) is 5.02 Å². The molecule has 0 aliphatic carbocycles. The van der Waals surface area contributed by atoms with E-state index in [2.05, 4.69) is 13.8 Å². The lowest BCUT2D eigenvalue weighted by Gasteiger charge is -2.08. The summed E-state index contributed by atoms with van der Waals surface area (Å²) in [7, 11) is 0. The van der Waals surface area contributed by atoms with Gasteiger partial charge in [-0.2, -0.15) is 0 Å². The van der Waals surface area contributed by atoms with Gasteiger partial charge in [0.15, 0.2) is 11.6 Å². The van der Waals surface area contributed by atoms with Crippen LogP contribution < -0.4 is 4.74 Å². The van der Waals surface area contributed by atoms with Crippen molar-refractivity contribution in [2.45, 2.75) is 26.7 Å². The van der Waals surface area contributed by atoms with Crippen molar-refractivity contribution in [3.05, 3.63) is 29.0 Å². The number of rotatable bonds is 9. The lowest BCUT2D eigenvalue weighted by molar-refractivity contribution is -0.152. The van der Waals surface area contributed by atoms with Crippen molar-refractivity contribution in [1.82, 2.24) is 0 Å². The molecule has 0 saturated carbocycles. The molecule has 0 spiro atoms. The third kappa shape index (κ3) is 7.95. The molecule has 23 heavy (non-hydrogen) atoms. The molecule has 0 aliphatic rings. The zero-order valence-electron chi connectivity index (χ0n) is 13.1. The Hall–Kier alpha value is -1.66. The molecular weight excluding hydrogens is 327 g/mol. The Balaban J connectivity index is 2.22. The lowest BCUT2D eigenvalue weighted by atomic mass is 10.1. The SMILES string of the molecule is CC(C)CCCOC(=O)COCC(=O)Oc1c(F)cccc1Cl. The maximum atomic E-state index is 13.4. The van der Waals surface area contributed by atoms with Crippen LogP contribution in [0, 0.1) is 11.7 Å². The van der Waals surface area contributed by atoms with Crippen molar-refractivity contribution >= 4 is 23.5 Å². The second-order valence-electron chi connectivity index (χ2n) is 5.27. The number of hydrogen-bond donors (Lipinski definition) is 0. The molecule has 0 amide bonds. The first-order chi connectivity index (χ1) is 10.9. The van der Waals surface area contributed by atoms with Crippen LogP contribution in [0.4, 0.5) is 4.39 Å². The van der Waals surface area contributed by atoms with Gasteiger partial charge < -0.3 is 14.2 Å². The average Bonchev–Trinajstić information content (AvgIpc) is 2.47. The average molecular weight is 347 g/mol. The highest BCUT2D eigenvalue weighted by Gasteiger charge is 2.14. The van der Waals surface area contributed by atoms with E-state index >= 15 is 0 Å². The molecule has 1 rings (SSSR count). The molecule has 0 N–H and O–H groups in total. The molecular formula is C16H20ClFO5. The molecule has 0 unspecified atom stereocenters. The van der Waals surface area contributed by atoms with E-state index in [1.54, 1.807) is 0 Å². The predicted molar refractivity (Wildman–Crippen MR) is 82.9 cm³/mol. The van der Waals surface area contributed by atoms with E-state index < -0.39 is 24.4 Å². The molecule has 0 saturated heterocycles. The van der Waals surface area contributed by atoms with Crippen molar-refractivity contribution in [3.8, 4) is 5.75 Å². The quantitative estimate of drug-likeness (QED) is 0.389. The van der Waals surface area contributed by atoms with Crippen molar-refractivity contribution in [2.75, 3.05) is 19.8 Å². The van der Waals surface area contributed by atoms with Crippen molar-refractivity contribution < 1.29 is 28.2 Å². The summed E-state index contributed by atoms with van der Waals surface area (Å²) in [4.78, 5) is 22.9. The Morgan fingerprint density at radius 1 is 1.22 bits per heavy atom. The van der Waals surface area contributed by atoms with Crippen LogP contribution >= 0.6 is 11.6 Å². The fraction of sp³-hybridized carbons (Fsp3) is 0.500. The minimum Gasteiger partial charge on any atom is -0.464 e. The molecule has 0 aliphatic heterocycles. The number of hydrogen-bond acceptors (Lipinski definition) is 5. The third-order valence-electron chi connectivity index (χ3n) is 2.76. The Kier molecular flexibility index (Phi) is 8.58. The highest BCUT2D eigenvalue weighted by Crippen LogP contribution is 2.27. The summed E-state index contributed by atoms with van der Waals surface area (Å²) in [5.41, 5.74) is 0. The number of para-hydroxylation sites is 1. The van der Waals surface area contributed by atoms with E-state index in [4.69, 9.17) is 25.8 Å². The molecule has 0 fully saturated rings. The Morgan fingerprint density at radius 3 is 2.57 bits per heavy atom. The Morgan fingerprint density at radius 2 is 1.91 bits per heavy atom. The maximum Gasteiger partial charge on any atom is 0.337 e. The molecule has 128 valence electrons. The van der Waals surface area contributed by atoms with Crippen LogP contribution in [0.25, 0.3) is 0 Å². The van der Waals surface area contributed by atoms with E-state index in [1.165, 1.54) is 12.1 Å². The van der Waals surface area contributed by atoms with E-state index in [9.17, 15) is 14.0 Å². The molecule has 0 aromatic heterocycles. The molecule has 0 radical (unpaired) electrons. The van der Waals surface area contributed by atoms with Crippen LogP contribution in [0.3, 0.4) is 0 Å². The minimum absolute atomic E-state index is 0.0251. The molecule has 1 aromatic carbocycles. The van der Waals surface area contributed by atoms with Crippen LogP contribution in [-0.4, -0.2) is 31.8 Å². The first-order valence-electron chi connectivity index (χ1n) is 7.28. The van der Waals surface area contributed by atoms with Gasteiger partial charge in [-0.25, -0.2) is 14.0 Å². The van der Waals surface area contributed by atoms with Gasteiger partial charge >= 0.3 is 11.9 Å². The summed E-state index contributed by atoms with van der Waals surface area (Å²) in [6.07, 6.45) is 1.74. The van der Waals surface area contributed by atoms with Gasteiger partial charge in [0.1, 0.15) is 13.2 Å². The van der Waals surface area contributed by atoms with Crippen molar-refractivity contribution in [1.29, 1.82) is 0 Å². The number of carbonyl (C=O) groups excluding carboxylic acids is 2. The fourth-order valence-corrected chi connectivity index (χ4v) is 1.86. The van der Waals surface area contributed by atoms with E-state index in [1.807, 2.05) is 0 Å². The summed E-state index contributed by atoms with van der Waals surface area (Å²) in [5.74, 6) is -1.99. The summed E-state index contributed by atoms with van der Waals surface area (Å²) in [6.45, 7) is 3.60. The predicted octanol–water partition coefficient (Wildman–Crippen LogP) is 3.38. The van der Waals surface area contributed by atoms with Gasteiger partial charge in [-0.05, 0) is 30.9 Å². The highest BCUT2D eigenvalue weighted by atomic mass is 35.5. The van der Waals surface area contributed by atoms with E-state index in [-0.39, 0.29) is 17.4 Å². The minimum atomic E-state index is -0.857. The van der Waals surface area contributed by atoms with Crippen molar-refractivity contribution in [2.24, 2.45) is 5.92 Å². The van der Waals surface area contributed by atoms with Crippen LogP contribution in [0.15, 0.2) is 18.2 Å². The summed E-state index contributed by atoms with van der Waals surface area (Å²) in [5, 5.41) is -0.0251. The van der Waals surface area contributed by atoms with Gasteiger partial charge in [0, 0.05) is 0 Å². The third-order valence-corrected chi connectivity index (χ3v) is 3.06. The summed E-state index contributed by atoms with van der Waals surface area (Å²) < 4.78 is 28.0. The molecule has 5 nitrogen and oxygen atoms in total. The second kappa shape index (κ2) is 10.2. The zero-order chi connectivity index (χ0) is 17.2. The van der Waals surface area contributed by atoms with Gasteiger partial charge in [0.2, 0.25) is 0 Å². The number of ether oxygens (including phenoxy) is 3.